The number of carbonyl (C=O) groups excluding carboxylic acids is 2. The second kappa shape index (κ2) is 9.03. The Hall–Kier alpha value is -2.40. The molecule has 0 heterocycles. The van der Waals surface area contributed by atoms with Crippen molar-refractivity contribution in [3.8, 4) is 0 Å². The molecule has 0 spiro atoms. The van der Waals surface area contributed by atoms with Crippen LogP contribution in [0, 0.1) is 5.82 Å². The molecule has 0 bridgehead atoms. The highest BCUT2D eigenvalue weighted by Gasteiger charge is 2.21. The minimum absolute atomic E-state index is 0.102. The van der Waals surface area contributed by atoms with E-state index in [9.17, 15) is 14.0 Å². The zero-order valence-corrected chi connectivity index (χ0v) is 13.6. The van der Waals surface area contributed by atoms with E-state index in [1.165, 1.54) is 12.1 Å². The predicted molar refractivity (Wildman–Crippen MR) is 89.4 cm³/mol. The molecule has 1 unspecified atom stereocenters. The standard InChI is InChI=1S/C18H17ClFNO3/c19-11-17(22)16(10-13-6-8-15(20)9-7-13)21-18(23)24-12-14-4-2-1-3-5-14/h1-9,16H,10-12H2,(H,21,23). The number of nitrogens with one attached hydrogen (secondary N) is 1. The van der Waals surface area contributed by atoms with Crippen LogP contribution in [0.5, 0.6) is 0 Å². The van der Waals surface area contributed by atoms with Crippen molar-refractivity contribution in [2.45, 2.75) is 19.1 Å². The van der Waals surface area contributed by atoms with Gasteiger partial charge in [0, 0.05) is 0 Å². The molecule has 24 heavy (non-hydrogen) atoms. The van der Waals surface area contributed by atoms with Gasteiger partial charge in [-0.15, -0.1) is 11.6 Å². The fourth-order valence-corrected chi connectivity index (χ4v) is 2.29. The number of hydrogen-bond donors (Lipinski definition) is 1. The Labute approximate surface area is 144 Å². The third kappa shape index (κ3) is 5.66. The van der Waals surface area contributed by atoms with Crippen molar-refractivity contribution < 1.29 is 18.7 Å². The van der Waals surface area contributed by atoms with Crippen LogP contribution in [0.15, 0.2) is 54.6 Å². The van der Waals surface area contributed by atoms with E-state index < -0.39 is 12.1 Å². The van der Waals surface area contributed by atoms with E-state index in [0.717, 1.165) is 5.56 Å². The van der Waals surface area contributed by atoms with Gasteiger partial charge in [0.15, 0.2) is 5.78 Å². The summed E-state index contributed by atoms with van der Waals surface area (Å²) in [4.78, 5) is 23.8. The summed E-state index contributed by atoms with van der Waals surface area (Å²) in [6.45, 7) is 0.102. The van der Waals surface area contributed by atoms with Crippen molar-refractivity contribution in [2.75, 3.05) is 5.88 Å². The Kier molecular flexibility index (Phi) is 6.75. The first-order chi connectivity index (χ1) is 11.6. The number of ether oxygens (including phenoxy) is 1. The van der Waals surface area contributed by atoms with E-state index >= 15 is 0 Å². The van der Waals surface area contributed by atoms with E-state index in [2.05, 4.69) is 5.32 Å². The van der Waals surface area contributed by atoms with Crippen molar-refractivity contribution in [1.82, 2.24) is 5.32 Å². The van der Waals surface area contributed by atoms with Crippen LogP contribution in [-0.4, -0.2) is 23.8 Å². The van der Waals surface area contributed by atoms with Crippen molar-refractivity contribution in [3.05, 3.63) is 71.5 Å². The van der Waals surface area contributed by atoms with Gasteiger partial charge in [0.1, 0.15) is 12.4 Å². The highest BCUT2D eigenvalue weighted by molar-refractivity contribution is 6.28. The number of alkyl carbamates (subject to hydrolysis) is 1. The highest BCUT2D eigenvalue weighted by Crippen LogP contribution is 2.08. The van der Waals surface area contributed by atoms with Crippen LogP contribution in [0.4, 0.5) is 9.18 Å². The summed E-state index contributed by atoms with van der Waals surface area (Å²) in [6, 6.07) is 14.1. The minimum atomic E-state index is -0.823. The van der Waals surface area contributed by atoms with E-state index in [1.54, 1.807) is 12.1 Å². The lowest BCUT2D eigenvalue weighted by atomic mass is 10.0. The van der Waals surface area contributed by atoms with Gasteiger partial charge in [-0.05, 0) is 29.7 Å². The summed E-state index contributed by atoms with van der Waals surface area (Å²) >= 11 is 5.59. The van der Waals surface area contributed by atoms with Gasteiger partial charge in [-0.25, -0.2) is 9.18 Å². The topological polar surface area (TPSA) is 55.4 Å². The lowest BCUT2D eigenvalue weighted by molar-refractivity contribution is -0.118. The zero-order valence-electron chi connectivity index (χ0n) is 12.9. The first kappa shape index (κ1) is 17.9. The number of amides is 1. The van der Waals surface area contributed by atoms with Crippen LogP contribution in [0.3, 0.4) is 0 Å². The summed E-state index contributed by atoms with van der Waals surface area (Å²) in [6.07, 6.45) is -0.490. The molecule has 0 radical (unpaired) electrons. The maximum atomic E-state index is 12.9. The van der Waals surface area contributed by atoms with Gasteiger partial charge in [0.2, 0.25) is 0 Å². The molecule has 0 aliphatic carbocycles. The summed E-state index contributed by atoms with van der Waals surface area (Å²) in [5.74, 6) is -0.933. The molecule has 0 saturated heterocycles. The normalized spacial score (nSPS) is 11.6. The fraction of sp³-hybridized carbons (Fsp3) is 0.222. The summed E-state index contributed by atoms with van der Waals surface area (Å²) < 4.78 is 18.0. The highest BCUT2D eigenvalue weighted by atomic mass is 35.5. The molecule has 4 nitrogen and oxygen atoms in total. The maximum Gasteiger partial charge on any atom is 0.408 e. The second-order valence-electron chi connectivity index (χ2n) is 5.19. The van der Waals surface area contributed by atoms with Gasteiger partial charge < -0.3 is 10.1 Å². The number of alkyl halides is 1. The lowest BCUT2D eigenvalue weighted by Gasteiger charge is -2.17. The molecule has 2 aromatic carbocycles. The minimum Gasteiger partial charge on any atom is -0.445 e. The van der Waals surface area contributed by atoms with Gasteiger partial charge >= 0.3 is 6.09 Å². The van der Waals surface area contributed by atoms with E-state index in [4.69, 9.17) is 16.3 Å². The van der Waals surface area contributed by atoms with Crippen LogP contribution in [0.25, 0.3) is 0 Å². The Bertz CT molecular complexity index is 676. The van der Waals surface area contributed by atoms with Gasteiger partial charge in [-0.2, -0.15) is 0 Å². The van der Waals surface area contributed by atoms with E-state index in [1.807, 2.05) is 30.3 Å². The van der Waals surface area contributed by atoms with Crippen LogP contribution >= 0.6 is 11.6 Å². The number of halogens is 2. The number of carbonyl (C=O) groups is 2. The average molecular weight is 350 g/mol. The molecule has 0 saturated carbocycles. The largest absolute Gasteiger partial charge is 0.445 e. The molecule has 1 amide bonds. The van der Waals surface area contributed by atoms with Gasteiger partial charge in [0.25, 0.3) is 0 Å². The first-order valence-electron chi connectivity index (χ1n) is 7.39. The van der Waals surface area contributed by atoms with Gasteiger partial charge in [0.05, 0.1) is 11.9 Å². The molecular weight excluding hydrogens is 333 g/mol. The summed E-state index contributed by atoms with van der Waals surface area (Å²) in [7, 11) is 0. The molecule has 0 aromatic heterocycles. The number of rotatable bonds is 7. The predicted octanol–water partition coefficient (Wildman–Crippen LogP) is 3.47. The molecule has 1 N–H and O–H groups in total. The number of Topliss-reactive ketones (excluding diaryl/α,β-unsaturated/α-hetero) is 1. The Balaban J connectivity index is 1.93. The van der Waals surface area contributed by atoms with Crippen molar-refractivity contribution in [3.63, 3.8) is 0 Å². The number of ketones is 1. The number of hydrogen-bond acceptors (Lipinski definition) is 3. The second-order valence-corrected chi connectivity index (χ2v) is 5.46. The molecule has 0 aliphatic rings. The summed E-state index contributed by atoms with van der Waals surface area (Å²) in [5.41, 5.74) is 1.55. The smallest absolute Gasteiger partial charge is 0.408 e. The average Bonchev–Trinajstić information content (AvgIpc) is 2.61. The van der Waals surface area contributed by atoms with Gasteiger partial charge in [-0.1, -0.05) is 42.5 Å². The first-order valence-corrected chi connectivity index (χ1v) is 7.92. The van der Waals surface area contributed by atoms with Crippen LogP contribution in [0.1, 0.15) is 11.1 Å². The molecule has 0 aliphatic heterocycles. The monoisotopic (exact) mass is 349 g/mol. The SMILES string of the molecule is O=C(NC(Cc1ccc(F)cc1)C(=O)CCl)OCc1ccccc1. The van der Waals surface area contributed by atoms with Crippen LogP contribution < -0.4 is 5.32 Å². The molecular formula is C18H17ClFNO3. The zero-order chi connectivity index (χ0) is 17.4. The fourth-order valence-electron chi connectivity index (χ4n) is 2.10. The number of benzene rings is 2. The third-order valence-electron chi connectivity index (χ3n) is 3.38. The van der Waals surface area contributed by atoms with Crippen molar-refractivity contribution >= 4 is 23.5 Å². The molecule has 126 valence electrons. The molecule has 1 atom stereocenters. The van der Waals surface area contributed by atoms with Crippen LogP contribution in [-0.2, 0) is 22.6 Å². The van der Waals surface area contributed by atoms with Crippen molar-refractivity contribution in [2.24, 2.45) is 0 Å². The van der Waals surface area contributed by atoms with Crippen LogP contribution in [0.2, 0.25) is 0 Å². The molecule has 2 rings (SSSR count). The molecule has 2 aromatic rings. The maximum absolute atomic E-state index is 12.9. The Morgan fingerprint density at radius 3 is 2.33 bits per heavy atom. The lowest BCUT2D eigenvalue weighted by Crippen LogP contribution is -2.43. The Morgan fingerprint density at radius 1 is 1.04 bits per heavy atom. The van der Waals surface area contributed by atoms with E-state index in [-0.39, 0.29) is 30.5 Å². The molecule has 0 fully saturated rings. The Morgan fingerprint density at radius 2 is 1.71 bits per heavy atom. The van der Waals surface area contributed by atoms with Crippen molar-refractivity contribution in [1.29, 1.82) is 0 Å². The third-order valence-corrected chi connectivity index (χ3v) is 3.64. The van der Waals surface area contributed by atoms with E-state index in [0.29, 0.717) is 5.56 Å². The summed E-state index contributed by atoms with van der Waals surface area (Å²) in [5, 5.41) is 2.51. The van der Waals surface area contributed by atoms with Gasteiger partial charge in [-0.3, -0.25) is 4.79 Å². The quantitative estimate of drug-likeness (QED) is 0.779. The molecule has 6 heteroatoms.